The molecule has 0 spiro atoms. The summed E-state index contributed by atoms with van der Waals surface area (Å²) in [5.41, 5.74) is 2.22. The Labute approximate surface area is 161 Å². The number of benzene rings is 1. The summed E-state index contributed by atoms with van der Waals surface area (Å²) in [5.74, 6) is 1.04. The van der Waals surface area contributed by atoms with Crippen LogP contribution in [0, 0.1) is 0 Å². The van der Waals surface area contributed by atoms with E-state index in [9.17, 15) is 0 Å². The van der Waals surface area contributed by atoms with Crippen molar-refractivity contribution >= 4 is 17.0 Å². The molecule has 2 aliphatic heterocycles. The second-order valence-electron chi connectivity index (χ2n) is 7.20. The Balaban J connectivity index is 1.37. The fourth-order valence-electron chi connectivity index (χ4n) is 4.05. The molecule has 2 aromatic rings. The topological polar surface area (TPSA) is 57.9 Å². The number of nitrogens with zero attached hydrogens (tertiary/aromatic N) is 5. The average Bonchev–Trinajstić information content (AvgIpc) is 3.36. The van der Waals surface area contributed by atoms with Gasteiger partial charge in [-0.05, 0) is 25.5 Å². The SMILES string of the molecule is CCNC(=NCCn1cnc2ccccc21)N1CCC(N2CCOCC2)C1. The Kier molecular flexibility index (Phi) is 5.89. The summed E-state index contributed by atoms with van der Waals surface area (Å²) in [6.45, 7) is 10.6. The molecule has 1 aromatic carbocycles. The minimum absolute atomic E-state index is 0.621. The fraction of sp³-hybridized carbons (Fsp3) is 0.600. The molecule has 0 amide bonds. The zero-order valence-corrected chi connectivity index (χ0v) is 16.2. The first-order chi connectivity index (χ1) is 13.3. The Morgan fingerprint density at radius 2 is 2.11 bits per heavy atom. The number of para-hydroxylation sites is 2. The zero-order chi connectivity index (χ0) is 18.5. The molecule has 2 fully saturated rings. The van der Waals surface area contributed by atoms with Crippen LogP contribution >= 0.6 is 0 Å². The molecule has 1 aromatic heterocycles. The maximum absolute atomic E-state index is 5.49. The summed E-state index contributed by atoms with van der Waals surface area (Å²) < 4.78 is 7.68. The molecule has 4 rings (SSSR count). The minimum atomic E-state index is 0.621. The number of aliphatic imine (C=N–C) groups is 1. The number of likely N-dealkylation sites (tertiary alicyclic amines) is 1. The summed E-state index contributed by atoms with van der Waals surface area (Å²) in [5, 5.41) is 3.47. The molecule has 7 heteroatoms. The van der Waals surface area contributed by atoms with Gasteiger partial charge in [-0.3, -0.25) is 9.89 Å². The number of hydrogen-bond donors (Lipinski definition) is 1. The van der Waals surface area contributed by atoms with Crippen LogP contribution in [-0.2, 0) is 11.3 Å². The summed E-state index contributed by atoms with van der Waals surface area (Å²) in [6.07, 6.45) is 3.12. The zero-order valence-electron chi connectivity index (χ0n) is 16.2. The number of morpholine rings is 1. The predicted molar refractivity (Wildman–Crippen MR) is 108 cm³/mol. The monoisotopic (exact) mass is 370 g/mol. The van der Waals surface area contributed by atoms with E-state index >= 15 is 0 Å². The third-order valence-electron chi connectivity index (χ3n) is 5.49. The average molecular weight is 371 g/mol. The van der Waals surface area contributed by atoms with Crippen molar-refractivity contribution in [3.8, 4) is 0 Å². The maximum atomic E-state index is 5.49. The molecule has 7 nitrogen and oxygen atoms in total. The molecule has 2 saturated heterocycles. The van der Waals surface area contributed by atoms with E-state index in [-0.39, 0.29) is 0 Å². The molecule has 0 saturated carbocycles. The lowest BCUT2D eigenvalue weighted by molar-refractivity contribution is 0.0195. The number of guanidine groups is 1. The standard InChI is InChI=1S/C20H30N6O/c1-2-21-20(25-9-7-17(15-25)24-11-13-27-14-12-24)22-8-10-26-16-23-18-5-3-4-6-19(18)26/h3-6,16-17H,2,7-15H2,1H3,(H,21,22). The summed E-state index contributed by atoms with van der Waals surface area (Å²) in [4.78, 5) is 14.3. The van der Waals surface area contributed by atoms with Crippen LogP contribution in [0.5, 0.6) is 0 Å². The van der Waals surface area contributed by atoms with Crippen LogP contribution < -0.4 is 5.32 Å². The Morgan fingerprint density at radius 1 is 1.26 bits per heavy atom. The van der Waals surface area contributed by atoms with Gasteiger partial charge in [0, 0.05) is 45.3 Å². The van der Waals surface area contributed by atoms with Crippen molar-refractivity contribution in [2.24, 2.45) is 4.99 Å². The van der Waals surface area contributed by atoms with Gasteiger partial charge in [-0.15, -0.1) is 0 Å². The van der Waals surface area contributed by atoms with E-state index in [0.717, 1.165) is 70.5 Å². The number of ether oxygens (including phenoxy) is 1. The minimum Gasteiger partial charge on any atom is -0.379 e. The second-order valence-corrected chi connectivity index (χ2v) is 7.20. The van der Waals surface area contributed by atoms with Crippen molar-refractivity contribution < 1.29 is 4.74 Å². The third kappa shape index (κ3) is 4.25. The number of aromatic nitrogens is 2. The lowest BCUT2D eigenvalue weighted by atomic mass is 10.2. The molecule has 0 aliphatic carbocycles. The molecule has 27 heavy (non-hydrogen) atoms. The van der Waals surface area contributed by atoms with Gasteiger partial charge in [0.15, 0.2) is 5.96 Å². The van der Waals surface area contributed by atoms with Crippen LogP contribution in [0.15, 0.2) is 35.6 Å². The molecular weight excluding hydrogens is 340 g/mol. The van der Waals surface area contributed by atoms with Gasteiger partial charge in [-0.2, -0.15) is 0 Å². The third-order valence-corrected chi connectivity index (χ3v) is 5.49. The fourth-order valence-corrected chi connectivity index (χ4v) is 4.05. The highest BCUT2D eigenvalue weighted by molar-refractivity contribution is 5.80. The van der Waals surface area contributed by atoms with Gasteiger partial charge >= 0.3 is 0 Å². The van der Waals surface area contributed by atoms with Gasteiger partial charge in [-0.25, -0.2) is 4.98 Å². The van der Waals surface area contributed by atoms with Crippen molar-refractivity contribution in [2.75, 3.05) is 52.5 Å². The second kappa shape index (κ2) is 8.71. The summed E-state index contributed by atoms with van der Waals surface area (Å²) in [6, 6.07) is 8.87. The lowest BCUT2D eigenvalue weighted by Gasteiger charge is -2.32. The van der Waals surface area contributed by atoms with Crippen LogP contribution in [0.1, 0.15) is 13.3 Å². The molecular formula is C20H30N6O. The number of rotatable bonds is 5. The summed E-state index contributed by atoms with van der Waals surface area (Å²) in [7, 11) is 0. The molecule has 0 radical (unpaired) electrons. The molecule has 146 valence electrons. The van der Waals surface area contributed by atoms with E-state index in [4.69, 9.17) is 9.73 Å². The van der Waals surface area contributed by atoms with Gasteiger partial charge in [-0.1, -0.05) is 12.1 Å². The lowest BCUT2D eigenvalue weighted by Crippen LogP contribution is -2.46. The Hall–Kier alpha value is -2.12. The van der Waals surface area contributed by atoms with Crippen molar-refractivity contribution in [1.29, 1.82) is 0 Å². The van der Waals surface area contributed by atoms with Gasteiger partial charge in [0.05, 0.1) is 37.1 Å². The van der Waals surface area contributed by atoms with Crippen LogP contribution in [0.25, 0.3) is 11.0 Å². The first-order valence-corrected chi connectivity index (χ1v) is 10.1. The quantitative estimate of drug-likeness (QED) is 0.637. The Morgan fingerprint density at radius 3 is 2.96 bits per heavy atom. The van der Waals surface area contributed by atoms with Crippen LogP contribution in [0.3, 0.4) is 0 Å². The van der Waals surface area contributed by atoms with Crippen LogP contribution in [0.4, 0.5) is 0 Å². The summed E-state index contributed by atoms with van der Waals surface area (Å²) >= 11 is 0. The normalized spacial score (nSPS) is 21.9. The number of hydrogen-bond acceptors (Lipinski definition) is 4. The largest absolute Gasteiger partial charge is 0.379 e. The first-order valence-electron chi connectivity index (χ1n) is 10.1. The van der Waals surface area contributed by atoms with Gasteiger partial charge in [0.2, 0.25) is 0 Å². The van der Waals surface area contributed by atoms with E-state index in [2.05, 4.69) is 49.8 Å². The van der Waals surface area contributed by atoms with Gasteiger partial charge in [0.1, 0.15) is 0 Å². The van der Waals surface area contributed by atoms with Crippen molar-refractivity contribution in [3.05, 3.63) is 30.6 Å². The van der Waals surface area contributed by atoms with E-state index in [1.54, 1.807) is 0 Å². The van der Waals surface area contributed by atoms with E-state index in [1.807, 2.05) is 12.4 Å². The molecule has 2 aliphatic rings. The predicted octanol–water partition coefficient (Wildman–Crippen LogP) is 1.41. The first kappa shape index (κ1) is 18.3. The highest BCUT2D eigenvalue weighted by Crippen LogP contribution is 2.17. The highest BCUT2D eigenvalue weighted by atomic mass is 16.5. The molecule has 1 N–H and O–H groups in total. The highest BCUT2D eigenvalue weighted by Gasteiger charge is 2.30. The maximum Gasteiger partial charge on any atom is 0.194 e. The molecule has 1 atom stereocenters. The van der Waals surface area contributed by atoms with Crippen LogP contribution in [0.2, 0.25) is 0 Å². The van der Waals surface area contributed by atoms with Gasteiger partial charge < -0.3 is 19.5 Å². The van der Waals surface area contributed by atoms with Gasteiger partial charge in [0.25, 0.3) is 0 Å². The molecule has 0 bridgehead atoms. The van der Waals surface area contributed by atoms with E-state index in [0.29, 0.717) is 6.04 Å². The van der Waals surface area contributed by atoms with Crippen molar-refractivity contribution in [3.63, 3.8) is 0 Å². The van der Waals surface area contributed by atoms with Crippen molar-refractivity contribution in [2.45, 2.75) is 25.9 Å². The number of fused-ring (bicyclic) bond motifs is 1. The van der Waals surface area contributed by atoms with Crippen LogP contribution in [-0.4, -0.2) is 83.8 Å². The Bertz CT molecular complexity index is 767. The molecule has 1 unspecified atom stereocenters. The van der Waals surface area contributed by atoms with E-state index in [1.165, 1.54) is 11.9 Å². The number of nitrogens with one attached hydrogen (secondary N) is 1. The van der Waals surface area contributed by atoms with E-state index < -0.39 is 0 Å². The molecule has 3 heterocycles. The van der Waals surface area contributed by atoms with Crippen molar-refractivity contribution in [1.82, 2.24) is 24.7 Å². The number of imidazole rings is 1. The smallest absolute Gasteiger partial charge is 0.194 e.